The fraction of sp³-hybridized carbons (Fsp3) is 0.800. The number of hydrogen-bond donors (Lipinski definition) is 2. The van der Waals surface area contributed by atoms with E-state index in [-0.39, 0.29) is 6.10 Å². The van der Waals surface area contributed by atoms with Gasteiger partial charge in [-0.2, -0.15) is 0 Å². The Labute approximate surface area is 138 Å². The third-order valence-corrected chi connectivity index (χ3v) is 3.90. The van der Waals surface area contributed by atoms with Gasteiger partial charge in [-0.25, -0.2) is 0 Å². The Morgan fingerprint density at radius 3 is 1.86 bits per heavy atom. The molecular formula is C20H38O2. The van der Waals surface area contributed by atoms with Crippen molar-refractivity contribution >= 4 is 0 Å². The number of rotatable bonds is 16. The minimum Gasteiger partial charge on any atom is -0.396 e. The van der Waals surface area contributed by atoms with Crippen LogP contribution < -0.4 is 0 Å². The van der Waals surface area contributed by atoms with E-state index < -0.39 is 0 Å². The minimum atomic E-state index is -0.232. The zero-order chi connectivity index (χ0) is 16.3. The van der Waals surface area contributed by atoms with E-state index in [9.17, 15) is 5.11 Å². The summed E-state index contributed by atoms with van der Waals surface area (Å²) >= 11 is 0. The lowest BCUT2D eigenvalue weighted by atomic mass is 10.1. The van der Waals surface area contributed by atoms with Gasteiger partial charge in [0.05, 0.1) is 6.10 Å². The van der Waals surface area contributed by atoms with Crippen molar-refractivity contribution in [3.63, 3.8) is 0 Å². The van der Waals surface area contributed by atoms with Gasteiger partial charge in [0.1, 0.15) is 0 Å². The first kappa shape index (κ1) is 21.4. The third-order valence-electron chi connectivity index (χ3n) is 3.90. The summed E-state index contributed by atoms with van der Waals surface area (Å²) in [7, 11) is 0. The predicted octanol–water partition coefficient (Wildman–Crippen LogP) is 5.54. The van der Waals surface area contributed by atoms with E-state index in [1.165, 1.54) is 38.5 Å². The number of aliphatic hydroxyl groups is 2. The first-order chi connectivity index (χ1) is 10.8. The molecule has 2 nitrogen and oxygen atoms in total. The fourth-order valence-corrected chi connectivity index (χ4v) is 2.43. The molecule has 1 atom stereocenters. The molecule has 0 aliphatic carbocycles. The maximum atomic E-state index is 9.67. The highest BCUT2D eigenvalue weighted by molar-refractivity contribution is 4.88. The molecule has 0 spiro atoms. The molecule has 0 radical (unpaired) electrons. The Kier molecular flexibility index (Phi) is 17.9. The zero-order valence-corrected chi connectivity index (χ0v) is 14.7. The van der Waals surface area contributed by atoms with Gasteiger partial charge in [0.2, 0.25) is 0 Å². The van der Waals surface area contributed by atoms with Crippen LogP contribution >= 0.6 is 0 Å². The van der Waals surface area contributed by atoms with Crippen LogP contribution in [0.2, 0.25) is 0 Å². The second-order valence-corrected chi connectivity index (χ2v) is 6.17. The third kappa shape index (κ3) is 17.5. The first-order valence-electron chi connectivity index (χ1n) is 9.41. The molecule has 0 bridgehead atoms. The van der Waals surface area contributed by atoms with Gasteiger partial charge in [-0.3, -0.25) is 0 Å². The summed E-state index contributed by atoms with van der Waals surface area (Å²) in [6.45, 7) is 2.48. The largest absolute Gasteiger partial charge is 0.396 e. The lowest BCUT2D eigenvalue weighted by molar-refractivity contribution is 0.209. The number of hydrogen-bond acceptors (Lipinski definition) is 2. The molecule has 0 rings (SSSR count). The lowest BCUT2D eigenvalue weighted by Crippen LogP contribution is -2.00. The van der Waals surface area contributed by atoms with Crippen molar-refractivity contribution in [2.45, 2.75) is 96.5 Å². The average Bonchev–Trinajstić information content (AvgIpc) is 2.53. The van der Waals surface area contributed by atoms with Crippen molar-refractivity contribution in [1.82, 2.24) is 0 Å². The van der Waals surface area contributed by atoms with Crippen LogP contribution in [0.1, 0.15) is 90.4 Å². The van der Waals surface area contributed by atoms with E-state index >= 15 is 0 Å². The normalized spacial score (nSPS) is 13.4. The molecule has 0 aromatic rings. The van der Waals surface area contributed by atoms with Crippen LogP contribution in [0.15, 0.2) is 24.3 Å². The average molecular weight is 311 g/mol. The Morgan fingerprint density at radius 1 is 0.727 bits per heavy atom. The van der Waals surface area contributed by atoms with E-state index in [2.05, 4.69) is 25.2 Å². The molecule has 0 aliphatic heterocycles. The van der Waals surface area contributed by atoms with Crippen molar-refractivity contribution in [2.24, 2.45) is 0 Å². The molecule has 130 valence electrons. The van der Waals surface area contributed by atoms with Gasteiger partial charge in [0.15, 0.2) is 0 Å². The monoisotopic (exact) mass is 310 g/mol. The van der Waals surface area contributed by atoms with Gasteiger partial charge in [-0.05, 0) is 51.4 Å². The van der Waals surface area contributed by atoms with Gasteiger partial charge >= 0.3 is 0 Å². The summed E-state index contributed by atoms with van der Waals surface area (Å²) in [6.07, 6.45) is 23.5. The SMILES string of the molecule is CCCCC(O)C=CCCCCCCCC=CCCCCO. The van der Waals surface area contributed by atoms with E-state index in [4.69, 9.17) is 5.11 Å². The highest BCUT2D eigenvalue weighted by Gasteiger charge is 1.96. The standard InChI is InChI=1S/C20H38O2/c1-2-3-17-20(22)18-15-13-11-9-7-5-4-6-8-10-12-14-16-19-21/h8,10,15,18,20-22H,2-7,9,11-14,16-17,19H2,1H3. The topological polar surface area (TPSA) is 40.5 Å². The first-order valence-corrected chi connectivity index (χ1v) is 9.41. The number of allylic oxidation sites excluding steroid dienone is 3. The Morgan fingerprint density at radius 2 is 1.27 bits per heavy atom. The van der Waals surface area contributed by atoms with E-state index in [0.717, 1.165) is 44.9 Å². The van der Waals surface area contributed by atoms with Gasteiger partial charge < -0.3 is 10.2 Å². The van der Waals surface area contributed by atoms with Crippen LogP contribution in [0.4, 0.5) is 0 Å². The lowest BCUT2D eigenvalue weighted by Gasteiger charge is -2.03. The van der Waals surface area contributed by atoms with E-state index in [1.54, 1.807) is 0 Å². The molecule has 0 aromatic carbocycles. The van der Waals surface area contributed by atoms with Crippen molar-refractivity contribution in [2.75, 3.05) is 6.61 Å². The molecule has 0 heterocycles. The van der Waals surface area contributed by atoms with Crippen LogP contribution in [0.3, 0.4) is 0 Å². The zero-order valence-electron chi connectivity index (χ0n) is 14.7. The highest BCUT2D eigenvalue weighted by atomic mass is 16.3. The van der Waals surface area contributed by atoms with Crippen LogP contribution in [-0.4, -0.2) is 22.9 Å². The van der Waals surface area contributed by atoms with Crippen molar-refractivity contribution in [3.8, 4) is 0 Å². The molecule has 22 heavy (non-hydrogen) atoms. The molecule has 0 fully saturated rings. The van der Waals surface area contributed by atoms with Crippen molar-refractivity contribution < 1.29 is 10.2 Å². The molecule has 0 amide bonds. The molecule has 0 aromatic heterocycles. The van der Waals surface area contributed by atoms with Gasteiger partial charge in [0.25, 0.3) is 0 Å². The molecule has 0 aliphatic rings. The summed E-state index contributed by atoms with van der Waals surface area (Å²) in [5.41, 5.74) is 0. The van der Waals surface area contributed by atoms with Crippen LogP contribution in [0, 0.1) is 0 Å². The Balaban J connectivity index is 3.21. The summed E-state index contributed by atoms with van der Waals surface area (Å²) in [4.78, 5) is 0. The second kappa shape index (κ2) is 18.4. The number of aliphatic hydroxyl groups excluding tert-OH is 2. The maximum absolute atomic E-state index is 9.67. The number of unbranched alkanes of at least 4 members (excludes halogenated alkanes) is 9. The molecule has 2 heteroatoms. The maximum Gasteiger partial charge on any atom is 0.0720 e. The summed E-state index contributed by atoms with van der Waals surface area (Å²) in [5.74, 6) is 0. The van der Waals surface area contributed by atoms with Crippen molar-refractivity contribution in [1.29, 1.82) is 0 Å². The quantitative estimate of drug-likeness (QED) is 0.290. The second-order valence-electron chi connectivity index (χ2n) is 6.17. The smallest absolute Gasteiger partial charge is 0.0720 e. The van der Waals surface area contributed by atoms with Crippen LogP contribution in [-0.2, 0) is 0 Å². The van der Waals surface area contributed by atoms with E-state index in [1.807, 2.05) is 6.08 Å². The molecule has 0 saturated carbocycles. The van der Waals surface area contributed by atoms with Gasteiger partial charge in [0, 0.05) is 6.61 Å². The predicted molar refractivity (Wildman–Crippen MR) is 97.1 cm³/mol. The van der Waals surface area contributed by atoms with Crippen LogP contribution in [0.25, 0.3) is 0 Å². The molecule has 2 N–H and O–H groups in total. The molecule has 1 unspecified atom stereocenters. The summed E-state index contributed by atoms with van der Waals surface area (Å²) in [5, 5.41) is 18.3. The van der Waals surface area contributed by atoms with E-state index in [0.29, 0.717) is 6.61 Å². The summed E-state index contributed by atoms with van der Waals surface area (Å²) in [6, 6.07) is 0. The molecular weight excluding hydrogens is 272 g/mol. The van der Waals surface area contributed by atoms with Gasteiger partial charge in [-0.1, -0.05) is 63.3 Å². The summed E-state index contributed by atoms with van der Waals surface area (Å²) < 4.78 is 0. The fourth-order valence-electron chi connectivity index (χ4n) is 2.43. The Hall–Kier alpha value is -0.600. The van der Waals surface area contributed by atoms with Gasteiger partial charge in [-0.15, -0.1) is 0 Å². The highest BCUT2D eigenvalue weighted by Crippen LogP contribution is 2.09. The van der Waals surface area contributed by atoms with Crippen LogP contribution in [0.5, 0.6) is 0 Å². The molecule has 0 saturated heterocycles. The Bertz CT molecular complexity index is 258. The minimum absolute atomic E-state index is 0.232. The van der Waals surface area contributed by atoms with Crippen molar-refractivity contribution in [3.05, 3.63) is 24.3 Å².